The minimum absolute atomic E-state index is 0.199. The van der Waals surface area contributed by atoms with Crippen molar-refractivity contribution >= 4 is 5.91 Å². The lowest BCUT2D eigenvalue weighted by molar-refractivity contribution is -0.143. The second-order valence-electron chi connectivity index (χ2n) is 3.30. The number of ether oxygens (including phenoxy) is 2. The van der Waals surface area contributed by atoms with E-state index in [1.807, 2.05) is 0 Å². The van der Waals surface area contributed by atoms with Crippen LogP contribution in [0.3, 0.4) is 0 Å². The smallest absolute Gasteiger partial charge is 0.349 e. The zero-order valence-corrected chi connectivity index (χ0v) is 8.20. The summed E-state index contributed by atoms with van der Waals surface area (Å²) in [5.74, 6) is -4.81. The van der Waals surface area contributed by atoms with Crippen molar-refractivity contribution < 1.29 is 23.0 Å². The largest absolute Gasteiger partial charge is 0.486 e. The molecule has 1 amide bonds. The van der Waals surface area contributed by atoms with Gasteiger partial charge in [-0.05, 0) is 18.2 Å². The van der Waals surface area contributed by atoms with E-state index in [4.69, 9.17) is 9.47 Å². The summed E-state index contributed by atoms with van der Waals surface area (Å²) in [6.45, 7) is 0.664. The first kappa shape index (κ1) is 10.7. The molecule has 0 aliphatic carbocycles. The Morgan fingerprint density at radius 2 is 1.88 bits per heavy atom. The Balaban J connectivity index is 2.40. The molecule has 0 unspecified atom stereocenters. The molecule has 0 aromatic heterocycles. The molecule has 0 bridgehead atoms. The molecule has 6 heteroatoms. The molecule has 2 N–H and O–H groups in total. The highest BCUT2D eigenvalue weighted by Gasteiger charge is 2.39. The Labute approximate surface area is 89.9 Å². The first-order valence-corrected chi connectivity index (χ1v) is 4.59. The molecule has 0 spiro atoms. The van der Waals surface area contributed by atoms with Gasteiger partial charge in [-0.3, -0.25) is 4.79 Å². The third-order valence-corrected chi connectivity index (χ3v) is 2.21. The second kappa shape index (κ2) is 3.62. The molecule has 0 saturated carbocycles. The van der Waals surface area contributed by atoms with Crippen LogP contribution in [0.1, 0.15) is 5.56 Å². The zero-order chi connectivity index (χ0) is 11.8. The molecule has 4 nitrogen and oxygen atoms in total. The van der Waals surface area contributed by atoms with Crippen LogP contribution < -0.4 is 15.2 Å². The van der Waals surface area contributed by atoms with Crippen LogP contribution in [0.25, 0.3) is 0 Å². The van der Waals surface area contributed by atoms with Gasteiger partial charge in [0, 0.05) is 5.56 Å². The fourth-order valence-corrected chi connectivity index (χ4v) is 1.38. The molecule has 0 atom stereocenters. The molecule has 0 radical (unpaired) electrons. The van der Waals surface area contributed by atoms with Gasteiger partial charge in [-0.2, -0.15) is 8.78 Å². The van der Waals surface area contributed by atoms with E-state index in [0.29, 0.717) is 19.0 Å². The summed E-state index contributed by atoms with van der Waals surface area (Å²) in [5.41, 5.74) is 4.12. The quantitative estimate of drug-likeness (QED) is 0.824. The van der Waals surface area contributed by atoms with Gasteiger partial charge in [-0.1, -0.05) is 0 Å². The molecule has 1 heterocycles. The molecule has 1 aliphatic rings. The summed E-state index contributed by atoms with van der Waals surface area (Å²) in [4.78, 5) is 10.6. The van der Waals surface area contributed by atoms with E-state index in [2.05, 4.69) is 5.73 Å². The molecule has 86 valence electrons. The van der Waals surface area contributed by atoms with E-state index in [1.165, 1.54) is 6.07 Å². The van der Waals surface area contributed by atoms with Crippen molar-refractivity contribution in [3.05, 3.63) is 23.8 Å². The van der Waals surface area contributed by atoms with E-state index in [9.17, 15) is 13.6 Å². The van der Waals surface area contributed by atoms with Crippen molar-refractivity contribution in [2.24, 2.45) is 5.73 Å². The number of alkyl halides is 2. The zero-order valence-electron chi connectivity index (χ0n) is 8.20. The van der Waals surface area contributed by atoms with Crippen molar-refractivity contribution in [1.82, 2.24) is 0 Å². The number of benzene rings is 1. The van der Waals surface area contributed by atoms with Crippen LogP contribution in [0, 0.1) is 0 Å². The molecule has 1 aliphatic heterocycles. The van der Waals surface area contributed by atoms with Gasteiger partial charge in [0.05, 0.1) is 0 Å². The van der Waals surface area contributed by atoms with E-state index in [-0.39, 0.29) is 5.75 Å². The maximum absolute atomic E-state index is 13.3. The molecule has 1 aromatic rings. The van der Waals surface area contributed by atoms with E-state index >= 15 is 0 Å². The van der Waals surface area contributed by atoms with Gasteiger partial charge in [0.15, 0.2) is 11.5 Å². The van der Waals surface area contributed by atoms with Gasteiger partial charge in [0.2, 0.25) is 0 Å². The van der Waals surface area contributed by atoms with E-state index in [1.54, 1.807) is 0 Å². The van der Waals surface area contributed by atoms with Gasteiger partial charge in [-0.25, -0.2) is 0 Å². The van der Waals surface area contributed by atoms with Crippen LogP contribution in [0.4, 0.5) is 8.78 Å². The highest BCUT2D eigenvalue weighted by Crippen LogP contribution is 2.36. The average Bonchev–Trinajstić information content (AvgIpc) is 2.28. The highest BCUT2D eigenvalue weighted by molar-refractivity contribution is 5.83. The summed E-state index contributed by atoms with van der Waals surface area (Å²) in [6.07, 6.45) is 0. The van der Waals surface area contributed by atoms with Gasteiger partial charge >= 0.3 is 5.92 Å². The monoisotopic (exact) mass is 229 g/mol. The number of carbonyl (C=O) groups excluding carboxylic acids is 1. The maximum Gasteiger partial charge on any atom is 0.349 e. The summed E-state index contributed by atoms with van der Waals surface area (Å²) in [7, 11) is 0. The van der Waals surface area contributed by atoms with Crippen molar-refractivity contribution in [3.8, 4) is 11.5 Å². The number of hydrogen-bond donors (Lipinski definition) is 1. The number of carbonyl (C=O) groups is 1. The van der Waals surface area contributed by atoms with Crippen LogP contribution in [0.15, 0.2) is 18.2 Å². The van der Waals surface area contributed by atoms with Crippen molar-refractivity contribution in [2.75, 3.05) is 13.2 Å². The molecule has 1 aromatic carbocycles. The first-order chi connectivity index (χ1) is 7.51. The molecule has 2 rings (SSSR count). The Morgan fingerprint density at radius 1 is 1.25 bits per heavy atom. The minimum Gasteiger partial charge on any atom is -0.486 e. The summed E-state index contributed by atoms with van der Waals surface area (Å²) in [5, 5.41) is 0. The Kier molecular flexibility index (Phi) is 2.41. The average molecular weight is 229 g/mol. The third kappa shape index (κ3) is 1.66. The Morgan fingerprint density at radius 3 is 2.50 bits per heavy atom. The van der Waals surface area contributed by atoms with Crippen molar-refractivity contribution in [1.29, 1.82) is 0 Å². The van der Waals surface area contributed by atoms with Crippen LogP contribution in [0.2, 0.25) is 0 Å². The van der Waals surface area contributed by atoms with Gasteiger partial charge < -0.3 is 15.2 Å². The topological polar surface area (TPSA) is 61.6 Å². The fraction of sp³-hybridized carbons (Fsp3) is 0.300. The molecule has 0 fully saturated rings. The number of rotatable bonds is 2. The van der Waals surface area contributed by atoms with E-state index in [0.717, 1.165) is 12.1 Å². The van der Waals surface area contributed by atoms with Gasteiger partial charge in [0.1, 0.15) is 13.2 Å². The number of amides is 1. The van der Waals surface area contributed by atoms with E-state index < -0.39 is 17.4 Å². The summed E-state index contributed by atoms with van der Waals surface area (Å²) in [6, 6.07) is 3.50. The van der Waals surface area contributed by atoms with Gasteiger partial charge in [-0.15, -0.1) is 0 Å². The molecular formula is C10H9F2NO3. The predicted molar refractivity (Wildman–Crippen MR) is 50.5 cm³/mol. The van der Waals surface area contributed by atoms with Crippen molar-refractivity contribution in [2.45, 2.75) is 5.92 Å². The Hall–Kier alpha value is -1.85. The van der Waals surface area contributed by atoms with Gasteiger partial charge in [0.25, 0.3) is 5.91 Å². The van der Waals surface area contributed by atoms with Crippen LogP contribution in [-0.2, 0) is 10.7 Å². The summed E-state index contributed by atoms with van der Waals surface area (Å²) >= 11 is 0. The van der Waals surface area contributed by atoms with Crippen molar-refractivity contribution in [3.63, 3.8) is 0 Å². The number of halogens is 2. The number of hydrogen-bond acceptors (Lipinski definition) is 3. The fourth-order valence-electron chi connectivity index (χ4n) is 1.38. The predicted octanol–water partition coefficient (Wildman–Crippen LogP) is 1.03. The SMILES string of the molecule is NC(=O)C(F)(F)c1ccc2c(c1)OCCO2. The lowest BCUT2D eigenvalue weighted by Gasteiger charge is -2.20. The molecular weight excluding hydrogens is 220 g/mol. The third-order valence-electron chi connectivity index (χ3n) is 2.21. The summed E-state index contributed by atoms with van der Waals surface area (Å²) < 4.78 is 36.8. The lowest BCUT2D eigenvalue weighted by atomic mass is 10.1. The normalized spacial score (nSPS) is 14.6. The number of fused-ring (bicyclic) bond motifs is 1. The Bertz CT molecular complexity index is 434. The second-order valence-corrected chi connectivity index (χ2v) is 3.30. The molecule has 16 heavy (non-hydrogen) atoms. The standard InChI is InChI=1S/C10H9F2NO3/c11-10(12,9(13)14)6-1-2-7-8(5-6)16-4-3-15-7/h1-2,5H,3-4H2,(H2,13,14). The minimum atomic E-state index is -3.70. The lowest BCUT2D eigenvalue weighted by Crippen LogP contribution is -2.33. The molecule has 0 saturated heterocycles. The maximum atomic E-state index is 13.3. The van der Waals surface area contributed by atoms with Crippen LogP contribution in [0.5, 0.6) is 11.5 Å². The number of nitrogens with two attached hydrogens (primary N) is 1. The first-order valence-electron chi connectivity index (χ1n) is 4.59. The number of primary amides is 1. The van der Waals surface area contributed by atoms with Crippen LogP contribution >= 0.6 is 0 Å². The highest BCUT2D eigenvalue weighted by atomic mass is 19.3. The van der Waals surface area contributed by atoms with Crippen LogP contribution in [-0.4, -0.2) is 19.1 Å².